The predicted molar refractivity (Wildman–Crippen MR) is 78.2 cm³/mol. The Morgan fingerprint density at radius 3 is 2.71 bits per heavy atom. The zero-order chi connectivity index (χ0) is 15.2. The summed E-state index contributed by atoms with van der Waals surface area (Å²) in [4.78, 5) is 30.1. The van der Waals surface area contributed by atoms with Crippen molar-refractivity contribution in [3.8, 4) is 0 Å². The molecule has 0 aromatic carbocycles. The molecule has 1 atom stereocenters. The molecule has 1 fully saturated rings. The summed E-state index contributed by atoms with van der Waals surface area (Å²) in [6.07, 6.45) is 4.72. The van der Waals surface area contributed by atoms with Gasteiger partial charge in [0.25, 0.3) is 0 Å². The zero-order valence-electron chi connectivity index (χ0n) is 12.6. The van der Waals surface area contributed by atoms with E-state index in [0.717, 1.165) is 25.0 Å². The lowest BCUT2D eigenvalue weighted by Gasteiger charge is -2.32. The van der Waals surface area contributed by atoms with Crippen molar-refractivity contribution in [3.05, 3.63) is 30.1 Å². The first-order chi connectivity index (χ1) is 10.1. The van der Waals surface area contributed by atoms with Crippen molar-refractivity contribution in [3.63, 3.8) is 0 Å². The Labute approximate surface area is 125 Å². The molecule has 5 nitrogen and oxygen atoms in total. The number of ether oxygens (including phenoxy) is 1. The average Bonchev–Trinajstić information content (AvgIpc) is 2.44. The summed E-state index contributed by atoms with van der Waals surface area (Å²) in [5, 5.41) is 0. The monoisotopic (exact) mass is 290 g/mol. The van der Waals surface area contributed by atoms with Crippen molar-refractivity contribution in [2.24, 2.45) is 11.8 Å². The molecular formula is C16H22N2O3. The first-order valence-corrected chi connectivity index (χ1v) is 7.38. The van der Waals surface area contributed by atoms with Gasteiger partial charge in [-0.1, -0.05) is 19.4 Å². The van der Waals surface area contributed by atoms with Gasteiger partial charge < -0.3 is 9.64 Å². The van der Waals surface area contributed by atoms with Gasteiger partial charge in [-0.25, -0.2) is 0 Å². The molecule has 1 amide bonds. The van der Waals surface area contributed by atoms with Crippen LogP contribution in [0, 0.1) is 11.8 Å². The van der Waals surface area contributed by atoms with E-state index in [1.165, 1.54) is 7.11 Å². The van der Waals surface area contributed by atoms with Gasteiger partial charge in [0.1, 0.15) is 0 Å². The third-order valence-corrected chi connectivity index (χ3v) is 3.94. The molecule has 1 aromatic rings. The van der Waals surface area contributed by atoms with E-state index >= 15 is 0 Å². The number of amides is 1. The molecule has 0 N–H and O–H groups in total. The summed E-state index contributed by atoms with van der Waals surface area (Å²) >= 11 is 0. The highest BCUT2D eigenvalue weighted by Crippen LogP contribution is 2.29. The van der Waals surface area contributed by atoms with Gasteiger partial charge in [0.2, 0.25) is 5.91 Å². The molecule has 21 heavy (non-hydrogen) atoms. The van der Waals surface area contributed by atoms with E-state index in [4.69, 9.17) is 4.74 Å². The van der Waals surface area contributed by atoms with Crippen LogP contribution in [-0.4, -0.2) is 35.4 Å². The number of nitrogens with zero attached hydrogens (tertiary/aromatic N) is 2. The van der Waals surface area contributed by atoms with Crippen LogP contribution in [-0.2, 0) is 20.9 Å². The Bertz CT molecular complexity index is 486. The second kappa shape index (κ2) is 7.20. The van der Waals surface area contributed by atoms with E-state index in [1.807, 2.05) is 18.2 Å². The van der Waals surface area contributed by atoms with Crippen LogP contribution >= 0.6 is 0 Å². The van der Waals surface area contributed by atoms with Crippen molar-refractivity contribution in [2.45, 2.75) is 32.7 Å². The molecule has 0 spiro atoms. The Balaban J connectivity index is 2.06. The molecule has 0 bridgehead atoms. The summed E-state index contributed by atoms with van der Waals surface area (Å²) in [5.41, 5.74) is 0.835. The third-order valence-electron chi connectivity index (χ3n) is 3.94. The molecule has 114 valence electrons. The largest absolute Gasteiger partial charge is 0.469 e. The second-order valence-electron chi connectivity index (χ2n) is 5.59. The standard InChI is InChI=1S/C16H22N2O3/c1-12(16(20)21-2)10-18(15(19)13-6-5-7-13)11-14-8-3-4-9-17-14/h3-4,8-9,12-13H,5-7,10-11H2,1-2H3. The maximum atomic E-state index is 12.5. The summed E-state index contributed by atoms with van der Waals surface area (Å²) < 4.78 is 4.75. The van der Waals surface area contributed by atoms with Crippen LogP contribution < -0.4 is 0 Å². The SMILES string of the molecule is COC(=O)C(C)CN(Cc1ccccn1)C(=O)C1CCC1. The highest BCUT2D eigenvalue weighted by molar-refractivity contribution is 5.80. The van der Waals surface area contributed by atoms with Gasteiger partial charge in [0.05, 0.1) is 25.3 Å². The van der Waals surface area contributed by atoms with Gasteiger partial charge >= 0.3 is 5.97 Å². The van der Waals surface area contributed by atoms with Gasteiger partial charge in [0, 0.05) is 18.7 Å². The molecular weight excluding hydrogens is 268 g/mol. The third kappa shape index (κ3) is 4.03. The summed E-state index contributed by atoms with van der Waals surface area (Å²) in [5.74, 6) is -0.383. The lowest BCUT2D eigenvalue weighted by atomic mass is 9.84. The van der Waals surface area contributed by atoms with Crippen molar-refractivity contribution < 1.29 is 14.3 Å². The van der Waals surface area contributed by atoms with E-state index in [2.05, 4.69) is 4.98 Å². The van der Waals surface area contributed by atoms with E-state index in [1.54, 1.807) is 18.0 Å². The number of rotatable bonds is 6. The molecule has 0 radical (unpaired) electrons. The quantitative estimate of drug-likeness (QED) is 0.752. The van der Waals surface area contributed by atoms with Crippen molar-refractivity contribution in [1.82, 2.24) is 9.88 Å². The molecule has 1 aliphatic rings. The number of esters is 1. The van der Waals surface area contributed by atoms with Crippen molar-refractivity contribution >= 4 is 11.9 Å². The predicted octanol–water partition coefficient (Wildman–Crippen LogP) is 2.02. The summed E-state index contributed by atoms with van der Waals surface area (Å²) in [6.45, 7) is 2.60. The van der Waals surface area contributed by atoms with Gasteiger partial charge in [-0.05, 0) is 25.0 Å². The van der Waals surface area contributed by atoms with E-state index in [0.29, 0.717) is 13.1 Å². The number of aromatic nitrogens is 1. The Morgan fingerprint density at radius 2 is 2.19 bits per heavy atom. The van der Waals surface area contributed by atoms with Gasteiger partial charge in [0.15, 0.2) is 0 Å². The molecule has 0 saturated heterocycles. The highest BCUT2D eigenvalue weighted by atomic mass is 16.5. The van der Waals surface area contributed by atoms with Crippen LogP contribution in [0.3, 0.4) is 0 Å². The summed E-state index contributed by atoms with van der Waals surface area (Å²) in [6, 6.07) is 5.64. The van der Waals surface area contributed by atoms with E-state index < -0.39 is 0 Å². The van der Waals surface area contributed by atoms with E-state index in [-0.39, 0.29) is 23.7 Å². The van der Waals surface area contributed by atoms with Gasteiger partial charge in [-0.15, -0.1) is 0 Å². The number of hydrogen-bond acceptors (Lipinski definition) is 4. The molecule has 1 unspecified atom stereocenters. The fourth-order valence-electron chi connectivity index (χ4n) is 2.44. The molecule has 0 aliphatic heterocycles. The van der Waals surface area contributed by atoms with Crippen LogP contribution in [0.25, 0.3) is 0 Å². The number of carbonyl (C=O) groups is 2. The lowest BCUT2D eigenvalue weighted by molar-refractivity contribution is -0.148. The minimum absolute atomic E-state index is 0.110. The van der Waals surface area contributed by atoms with Crippen LogP contribution in [0.5, 0.6) is 0 Å². The molecule has 2 rings (SSSR count). The van der Waals surface area contributed by atoms with Crippen LogP contribution in [0.1, 0.15) is 31.9 Å². The van der Waals surface area contributed by atoms with Crippen molar-refractivity contribution in [2.75, 3.05) is 13.7 Å². The first kappa shape index (κ1) is 15.5. The maximum absolute atomic E-state index is 12.5. The molecule has 5 heteroatoms. The number of pyridine rings is 1. The van der Waals surface area contributed by atoms with Gasteiger partial charge in [-0.3, -0.25) is 14.6 Å². The number of hydrogen-bond donors (Lipinski definition) is 0. The Hall–Kier alpha value is -1.91. The second-order valence-corrected chi connectivity index (χ2v) is 5.59. The smallest absolute Gasteiger partial charge is 0.310 e. The molecule has 1 saturated carbocycles. The lowest BCUT2D eigenvalue weighted by Crippen LogP contribution is -2.42. The average molecular weight is 290 g/mol. The molecule has 1 aromatic heterocycles. The molecule has 1 heterocycles. The topological polar surface area (TPSA) is 59.5 Å². The summed E-state index contributed by atoms with van der Waals surface area (Å²) in [7, 11) is 1.37. The van der Waals surface area contributed by atoms with Crippen LogP contribution in [0.15, 0.2) is 24.4 Å². The van der Waals surface area contributed by atoms with Gasteiger partial charge in [-0.2, -0.15) is 0 Å². The Morgan fingerprint density at radius 1 is 1.43 bits per heavy atom. The fourth-order valence-corrected chi connectivity index (χ4v) is 2.44. The number of methoxy groups -OCH3 is 1. The number of carbonyl (C=O) groups excluding carboxylic acids is 2. The minimum Gasteiger partial charge on any atom is -0.469 e. The molecule has 1 aliphatic carbocycles. The van der Waals surface area contributed by atoms with Crippen LogP contribution in [0.4, 0.5) is 0 Å². The highest BCUT2D eigenvalue weighted by Gasteiger charge is 2.31. The van der Waals surface area contributed by atoms with Crippen LogP contribution in [0.2, 0.25) is 0 Å². The first-order valence-electron chi connectivity index (χ1n) is 7.38. The maximum Gasteiger partial charge on any atom is 0.310 e. The normalized spacial score (nSPS) is 15.9. The fraction of sp³-hybridized carbons (Fsp3) is 0.562. The van der Waals surface area contributed by atoms with E-state index in [9.17, 15) is 9.59 Å². The van der Waals surface area contributed by atoms with Crippen molar-refractivity contribution in [1.29, 1.82) is 0 Å². The Kier molecular flexibility index (Phi) is 5.31. The minimum atomic E-state index is -0.331. The zero-order valence-corrected chi connectivity index (χ0v) is 12.6.